The molecule has 190 valence electrons. The maximum atomic E-state index is 5.95. The van der Waals surface area contributed by atoms with Crippen LogP contribution >= 0.6 is 0 Å². The van der Waals surface area contributed by atoms with Gasteiger partial charge in [-0.1, -0.05) is 71.9 Å². The van der Waals surface area contributed by atoms with E-state index in [1.807, 2.05) is 0 Å². The number of methoxy groups -OCH3 is 1. The van der Waals surface area contributed by atoms with E-state index in [2.05, 4.69) is 132 Å². The summed E-state index contributed by atoms with van der Waals surface area (Å²) in [6.45, 7) is 18.2. The molecule has 0 aromatic heterocycles. The third kappa shape index (κ3) is 4.76. The van der Waals surface area contributed by atoms with E-state index in [1.54, 1.807) is 7.11 Å². The maximum absolute atomic E-state index is 5.95. The van der Waals surface area contributed by atoms with E-state index in [9.17, 15) is 0 Å². The van der Waals surface area contributed by atoms with Crippen LogP contribution in [0.15, 0.2) is 67.0 Å². The molecular formula is C33H42N2O. The van der Waals surface area contributed by atoms with Crippen molar-refractivity contribution >= 4 is 11.4 Å². The summed E-state index contributed by atoms with van der Waals surface area (Å²) in [6, 6.07) is 20.0. The minimum Gasteiger partial charge on any atom is -0.496 e. The molecule has 3 heteroatoms. The van der Waals surface area contributed by atoms with E-state index in [-0.39, 0.29) is 6.17 Å². The Kier molecular flexibility index (Phi) is 7.49. The minimum absolute atomic E-state index is 0.156. The monoisotopic (exact) mass is 482 g/mol. The van der Waals surface area contributed by atoms with Gasteiger partial charge in [-0.3, -0.25) is 0 Å². The lowest BCUT2D eigenvalue weighted by atomic mass is 9.81. The van der Waals surface area contributed by atoms with Crippen LogP contribution in [0.4, 0.5) is 11.4 Å². The molecule has 4 rings (SSSR count). The molecule has 3 aromatic rings. The van der Waals surface area contributed by atoms with Crippen LogP contribution in [0.25, 0.3) is 11.1 Å². The first-order valence-electron chi connectivity index (χ1n) is 13.3. The highest BCUT2D eigenvalue weighted by atomic mass is 16.5. The van der Waals surface area contributed by atoms with Crippen LogP contribution in [0.5, 0.6) is 5.75 Å². The molecule has 3 nitrogen and oxygen atoms in total. The third-order valence-electron chi connectivity index (χ3n) is 7.50. The molecule has 0 spiro atoms. The quantitative estimate of drug-likeness (QED) is 0.334. The largest absolute Gasteiger partial charge is 0.496 e. The van der Waals surface area contributed by atoms with Gasteiger partial charge >= 0.3 is 0 Å². The van der Waals surface area contributed by atoms with Crippen LogP contribution in [0.2, 0.25) is 0 Å². The van der Waals surface area contributed by atoms with Gasteiger partial charge in [0.25, 0.3) is 0 Å². The van der Waals surface area contributed by atoms with Crippen molar-refractivity contribution in [1.29, 1.82) is 0 Å². The average molecular weight is 483 g/mol. The van der Waals surface area contributed by atoms with Gasteiger partial charge in [0.1, 0.15) is 11.9 Å². The van der Waals surface area contributed by atoms with Crippen LogP contribution in [0, 0.1) is 6.92 Å². The van der Waals surface area contributed by atoms with E-state index < -0.39 is 0 Å². The van der Waals surface area contributed by atoms with Crippen molar-refractivity contribution in [1.82, 2.24) is 0 Å². The number of ether oxygens (including phenoxy) is 1. The third-order valence-corrected chi connectivity index (χ3v) is 7.50. The van der Waals surface area contributed by atoms with Crippen molar-refractivity contribution in [2.75, 3.05) is 16.9 Å². The standard InChI is InChI=1S/C33H42N2O/c1-21(2)26-17-29(22(3)4)33(30(18-26)23(5)6)27-19-31(24(7)32(20-27)36-9)35-16-15-34(25(35)8)28-13-11-10-12-14-28/h10-23,25H,1-9H3/t25-/m1/s1. The predicted octanol–water partition coefficient (Wildman–Crippen LogP) is 9.18. The van der Waals surface area contributed by atoms with Gasteiger partial charge < -0.3 is 14.5 Å². The van der Waals surface area contributed by atoms with Gasteiger partial charge in [0.2, 0.25) is 0 Å². The molecule has 0 radical (unpaired) electrons. The van der Waals surface area contributed by atoms with Gasteiger partial charge in [0.15, 0.2) is 0 Å². The molecular weight excluding hydrogens is 440 g/mol. The van der Waals surface area contributed by atoms with Gasteiger partial charge in [-0.15, -0.1) is 0 Å². The average Bonchev–Trinajstić information content (AvgIpc) is 3.24. The number of nitrogens with zero attached hydrogens (tertiary/aromatic N) is 2. The molecule has 1 atom stereocenters. The second-order valence-corrected chi connectivity index (χ2v) is 10.9. The molecule has 36 heavy (non-hydrogen) atoms. The molecule has 3 aromatic carbocycles. The molecule has 0 unspecified atom stereocenters. The Labute approximate surface area is 218 Å². The van der Waals surface area contributed by atoms with Crippen LogP contribution in [0.3, 0.4) is 0 Å². The van der Waals surface area contributed by atoms with E-state index >= 15 is 0 Å². The first-order valence-corrected chi connectivity index (χ1v) is 13.3. The highest BCUT2D eigenvalue weighted by molar-refractivity contribution is 5.80. The normalized spacial score (nSPS) is 15.6. The van der Waals surface area contributed by atoms with Crippen molar-refractivity contribution in [2.24, 2.45) is 0 Å². The number of anilines is 2. The molecule has 0 amide bonds. The second-order valence-electron chi connectivity index (χ2n) is 10.9. The molecule has 1 heterocycles. The van der Waals surface area contributed by atoms with E-state index in [0.29, 0.717) is 17.8 Å². The Morgan fingerprint density at radius 2 is 1.33 bits per heavy atom. The summed E-state index contributed by atoms with van der Waals surface area (Å²) in [5.41, 5.74) is 10.4. The van der Waals surface area contributed by atoms with Crippen molar-refractivity contribution in [2.45, 2.75) is 79.3 Å². The van der Waals surface area contributed by atoms with Crippen molar-refractivity contribution in [3.63, 3.8) is 0 Å². The summed E-state index contributed by atoms with van der Waals surface area (Å²) < 4.78 is 5.95. The molecule has 1 aliphatic rings. The number of para-hydroxylation sites is 1. The molecule has 0 saturated heterocycles. The Bertz CT molecular complexity index is 1210. The molecule has 1 aliphatic heterocycles. The number of rotatable bonds is 7. The molecule has 0 bridgehead atoms. The summed E-state index contributed by atoms with van der Waals surface area (Å²) in [4.78, 5) is 4.68. The van der Waals surface area contributed by atoms with E-state index in [1.165, 1.54) is 39.2 Å². The first kappa shape index (κ1) is 25.9. The summed E-state index contributed by atoms with van der Waals surface area (Å²) in [5, 5.41) is 0. The Morgan fingerprint density at radius 1 is 0.750 bits per heavy atom. The fraction of sp³-hybridized carbons (Fsp3) is 0.394. The summed E-state index contributed by atoms with van der Waals surface area (Å²) in [5.74, 6) is 2.27. The zero-order chi connectivity index (χ0) is 26.1. The van der Waals surface area contributed by atoms with Crippen LogP contribution < -0.4 is 14.5 Å². The molecule has 0 aliphatic carbocycles. The maximum Gasteiger partial charge on any atom is 0.124 e. The minimum atomic E-state index is 0.156. The van der Waals surface area contributed by atoms with Gasteiger partial charge in [0, 0.05) is 29.3 Å². The Balaban J connectivity index is 1.89. The van der Waals surface area contributed by atoms with Gasteiger partial charge in [-0.2, -0.15) is 0 Å². The summed E-state index contributed by atoms with van der Waals surface area (Å²) in [7, 11) is 1.78. The number of benzene rings is 3. The van der Waals surface area contributed by atoms with E-state index in [0.717, 1.165) is 11.3 Å². The van der Waals surface area contributed by atoms with Gasteiger partial charge in [-0.05, 0) is 83.7 Å². The summed E-state index contributed by atoms with van der Waals surface area (Å²) >= 11 is 0. The predicted molar refractivity (Wildman–Crippen MR) is 155 cm³/mol. The Hall–Kier alpha value is -3.20. The molecule has 0 fully saturated rings. The van der Waals surface area contributed by atoms with Crippen molar-refractivity contribution < 1.29 is 4.74 Å². The second kappa shape index (κ2) is 10.4. The fourth-order valence-corrected chi connectivity index (χ4v) is 5.30. The highest BCUT2D eigenvalue weighted by Crippen LogP contribution is 2.44. The smallest absolute Gasteiger partial charge is 0.124 e. The van der Waals surface area contributed by atoms with Gasteiger partial charge in [0.05, 0.1) is 7.11 Å². The zero-order valence-corrected chi connectivity index (χ0v) is 23.5. The van der Waals surface area contributed by atoms with E-state index in [4.69, 9.17) is 4.74 Å². The van der Waals surface area contributed by atoms with Crippen LogP contribution in [-0.2, 0) is 0 Å². The Morgan fingerprint density at radius 3 is 1.86 bits per heavy atom. The topological polar surface area (TPSA) is 15.7 Å². The van der Waals surface area contributed by atoms with Crippen LogP contribution in [-0.4, -0.2) is 13.3 Å². The van der Waals surface area contributed by atoms with Crippen LogP contribution in [0.1, 0.15) is 88.5 Å². The van der Waals surface area contributed by atoms with Crippen molar-refractivity contribution in [3.05, 3.63) is 89.3 Å². The SMILES string of the molecule is COc1cc(-c2c(C(C)C)cc(C(C)C)cc2C(C)C)cc(N2C=CN(c3ccccc3)[C@H]2C)c1C. The number of hydrogen-bond acceptors (Lipinski definition) is 3. The molecule has 0 N–H and O–H groups in total. The van der Waals surface area contributed by atoms with Gasteiger partial charge in [-0.25, -0.2) is 0 Å². The number of hydrogen-bond donors (Lipinski definition) is 0. The van der Waals surface area contributed by atoms with Crippen molar-refractivity contribution in [3.8, 4) is 16.9 Å². The molecule has 0 saturated carbocycles. The summed E-state index contributed by atoms with van der Waals surface area (Å²) in [6.07, 6.45) is 4.52. The highest BCUT2D eigenvalue weighted by Gasteiger charge is 2.28. The lowest BCUT2D eigenvalue weighted by Crippen LogP contribution is -2.36. The lowest BCUT2D eigenvalue weighted by molar-refractivity contribution is 0.412. The first-order chi connectivity index (χ1) is 17.1. The fourth-order valence-electron chi connectivity index (χ4n) is 5.30. The lowest BCUT2D eigenvalue weighted by Gasteiger charge is -2.32. The zero-order valence-electron chi connectivity index (χ0n) is 23.5.